The number of hydrogen-bond acceptors (Lipinski definition) is 5. The number of ketones is 1. The first-order valence-electron chi connectivity index (χ1n) is 9.40. The van der Waals surface area contributed by atoms with Gasteiger partial charge in [-0.15, -0.1) is 0 Å². The molecule has 1 aliphatic heterocycles. The maximum absolute atomic E-state index is 13.1. The largest absolute Gasteiger partial charge is 0.492 e. The van der Waals surface area contributed by atoms with Crippen LogP contribution in [0.5, 0.6) is 5.75 Å². The summed E-state index contributed by atoms with van der Waals surface area (Å²) >= 11 is 0. The molecule has 1 heterocycles. The summed E-state index contributed by atoms with van der Waals surface area (Å²) in [7, 11) is 0. The highest BCUT2D eigenvalue weighted by molar-refractivity contribution is 6.22. The van der Waals surface area contributed by atoms with E-state index in [9.17, 15) is 19.2 Å². The van der Waals surface area contributed by atoms with Crippen LogP contribution in [0.1, 0.15) is 35.7 Å². The molecule has 7 heteroatoms. The Morgan fingerprint density at radius 1 is 1.07 bits per heavy atom. The Bertz CT molecular complexity index is 939. The first-order chi connectivity index (χ1) is 13.9. The molecule has 1 saturated heterocycles. The topological polar surface area (TPSA) is 92.8 Å². The van der Waals surface area contributed by atoms with Gasteiger partial charge in [0.1, 0.15) is 5.75 Å². The number of carbonyl (C=O) groups excluding carboxylic acids is 4. The summed E-state index contributed by atoms with van der Waals surface area (Å²) < 4.78 is 5.54. The molecule has 3 amide bonds. The lowest BCUT2D eigenvalue weighted by Crippen LogP contribution is -2.51. The Morgan fingerprint density at radius 3 is 2.34 bits per heavy atom. The average Bonchev–Trinajstić information content (AvgIpc) is 3.03. The van der Waals surface area contributed by atoms with E-state index in [1.54, 1.807) is 42.5 Å². The maximum atomic E-state index is 13.1. The molecule has 29 heavy (non-hydrogen) atoms. The predicted molar refractivity (Wildman–Crippen MR) is 107 cm³/mol. The summed E-state index contributed by atoms with van der Waals surface area (Å²) in [5.41, 5.74) is 1.50. The van der Waals surface area contributed by atoms with Crippen molar-refractivity contribution in [2.75, 3.05) is 11.9 Å². The number of nitrogens with zero attached hydrogens (tertiary/aromatic N) is 1. The third-order valence-electron chi connectivity index (χ3n) is 4.60. The van der Waals surface area contributed by atoms with Crippen LogP contribution in [0.2, 0.25) is 0 Å². The maximum Gasteiger partial charge on any atom is 0.255 e. The molecule has 0 aromatic heterocycles. The highest BCUT2D eigenvalue weighted by Gasteiger charge is 2.43. The Morgan fingerprint density at radius 2 is 1.72 bits per heavy atom. The van der Waals surface area contributed by atoms with Gasteiger partial charge in [-0.3, -0.25) is 24.1 Å². The number of carbonyl (C=O) groups is 4. The van der Waals surface area contributed by atoms with Gasteiger partial charge in [0.25, 0.3) is 5.91 Å². The number of rotatable bonds is 7. The molecule has 1 aliphatic rings. The van der Waals surface area contributed by atoms with Crippen molar-refractivity contribution in [3.05, 3.63) is 59.7 Å². The zero-order valence-corrected chi connectivity index (χ0v) is 16.3. The molecule has 0 spiro atoms. The Hall–Kier alpha value is -3.48. The van der Waals surface area contributed by atoms with Gasteiger partial charge in [0.2, 0.25) is 11.8 Å². The van der Waals surface area contributed by atoms with Crippen molar-refractivity contribution in [1.82, 2.24) is 4.90 Å². The van der Waals surface area contributed by atoms with E-state index in [1.165, 1.54) is 0 Å². The molecule has 2 aromatic carbocycles. The van der Waals surface area contributed by atoms with Gasteiger partial charge in [-0.2, -0.15) is 0 Å². The van der Waals surface area contributed by atoms with E-state index in [2.05, 4.69) is 5.32 Å². The minimum absolute atomic E-state index is 0.0146. The van der Waals surface area contributed by atoms with E-state index in [4.69, 9.17) is 4.74 Å². The fraction of sp³-hybridized carbons (Fsp3) is 0.273. The minimum atomic E-state index is -1.57. The third-order valence-corrected chi connectivity index (χ3v) is 4.60. The summed E-state index contributed by atoms with van der Waals surface area (Å²) in [6.45, 7) is 4.06. The lowest BCUT2D eigenvalue weighted by atomic mass is 10.0. The van der Waals surface area contributed by atoms with Gasteiger partial charge in [0, 0.05) is 18.4 Å². The summed E-state index contributed by atoms with van der Waals surface area (Å²) in [5.74, 6) is -2.00. The Kier molecular flexibility index (Phi) is 6.07. The van der Waals surface area contributed by atoms with Crippen LogP contribution in [0.25, 0.3) is 0 Å². The molecular formula is C22H22N2O5. The van der Waals surface area contributed by atoms with Crippen LogP contribution >= 0.6 is 0 Å². The van der Waals surface area contributed by atoms with Crippen LogP contribution < -0.4 is 10.1 Å². The molecule has 0 bridgehead atoms. The second kappa shape index (κ2) is 8.68. The van der Waals surface area contributed by atoms with Gasteiger partial charge in [0.05, 0.1) is 12.3 Å². The van der Waals surface area contributed by atoms with Crippen LogP contribution in [0.15, 0.2) is 48.5 Å². The second-order valence-electron chi connectivity index (χ2n) is 6.71. The number of nitrogens with one attached hydrogen (secondary N) is 1. The van der Waals surface area contributed by atoms with E-state index in [-0.39, 0.29) is 18.4 Å². The molecule has 0 aliphatic carbocycles. The minimum Gasteiger partial charge on any atom is -0.492 e. The predicted octanol–water partition coefficient (Wildman–Crippen LogP) is 2.73. The van der Waals surface area contributed by atoms with Crippen molar-refractivity contribution >= 4 is 29.2 Å². The monoisotopic (exact) mass is 394 g/mol. The van der Waals surface area contributed by atoms with Gasteiger partial charge in [-0.05, 0) is 31.5 Å². The van der Waals surface area contributed by atoms with Gasteiger partial charge in [-0.1, -0.05) is 36.4 Å². The molecule has 3 rings (SSSR count). The molecule has 0 radical (unpaired) electrons. The van der Waals surface area contributed by atoms with Gasteiger partial charge in [0.15, 0.2) is 11.8 Å². The normalized spacial score (nSPS) is 14.6. The first kappa shape index (κ1) is 20.3. The Labute approximate surface area is 168 Å². The highest BCUT2D eigenvalue weighted by atomic mass is 16.5. The van der Waals surface area contributed by atoms with Crippen molar-refractivity contribution in [3.8, 4) is 5.75 Å². The van der Waals surface area contributed by atoms with E-state index >= 15 is 0 Å². The number of benzene rings is 2. The lowest BCUT2D eigenvalue weighted by Gasteiger charge is -2.25. The van der Waals surface area contributed by atoms with Crippen molar-refractivity contribution in [3.63, 3.8) is 0 Å². The SMILES string of the molecule is CCOc1ccc(C)cc1NC(=O)C(C(=O)c1ccccc1)N1C(=O)CCC1=O. The number of ether oxygens (including phenoxy) is 1. The van der Waals surface area contributed by atoms with Crippen LogP contribution in [0.4, 0.5) is 5.69 Å². The number of aryl methyl sites for hydroxylation is 1. The molecule has 2 aromatic rings. The van der Waals surface area contributed by atoms with E-state index < -0.39 is 29.5 Å². The third kappa shape index (κ3) is 4.34. The molecule has 150 valence electrons. The Balaban J connectivity index is 1.97. The number of likely N-dealkylation sites (tertiary alicyclic amines) is 1. The first-order valence-corrected chi connectivity index (χ1v) is 9.40. The molecule has 1 N–H and O–H groups in total. The number of anilines is 1. The zero-order valence-electron chi connectivity index (χ0n) is 16.3. The van der Waals surface area contributed by atoms with Crippen LogP contribution in [0, 0.1) is 6.92 Å². The van der Waals surface area contributed by atoms with Crippen LogP contribution in [-0.2, 0) is 14.4 Å². The molecule has 1 atom stereocenters. The second-order valence-corrected chi connectivity index (χ2v) is 6.71. The molecule has 0 saturated carbocycles. The summed E-state index contributed by atoms with van der Waals surface area (Å²) in [4.78, 5) is 51.6. The van der Waals surface area contributed by atoms with Crippen molar-refractivity contribution in [1.29, 1.82) is 0 Å². The smallest absolute Gasteiger partial charge is 0.255 e. The number of hydrogen-bond donors (Lipinski definition) is 1. The van der Waals surface area contributed by atoms with Crippen molar-refractivity contribution in [2.24, 2.45) is 0 Å². The molecule has 7 nitrogen and oxygen atoms in total. The zero-order chi connectivity index (χ0) is 21.0. The fourth-order valence-corrected chi connectivity index (χ4v) is 3.22. The summed E-state index contributed by atoms with van der Waals surface area (Å²) in [5, 5.41) is 2.67. The summed E-state index contributed by atoms with van der Waals surface area (Å²) in [6.07, 6.45) is -0.0291. The number of imide groups is 1. The van der Waals surface area contributed by atoms with Crippen molar-refractivity contribution < 1.29 is 23.9 Å². The number of Topliss-reactive ketones (excluding diaryl/α,β-unsaturated/α-hetero) is 1. The molecular weight excluding hydrogens is 372 g/mol. The van der Waals surface area contributed by atoms with Crippen molar-refractivity contribution in [2.45, 2.75) is 32.7 Å². The fourth-order valence-electron chi connectivity index (χ4n) is 3.22. The summed E-state index contributed by atoms with van der Waals surface area (Å²) in [6, 6.07) is 11.8. The van der Waals surface area contributed by atoms with E-state index in [1.807, 2.05) is 19.9 Å². The highest BCUT2D eigenvalue weighted by Crippen LogP contribution is 2.27. The van der Waals surface area contributed by atoms with Gasteiger partial charge >= 0.3 is 0 Å². The van der Waals surface area contributed by atoms with Crippen LogP contribution in [0.3, 0.4) is 0 Å². The molecule has 1 unspecified atom stereocenters. The van der Waals surface area contributed by atoms with E-state index in [0.29, 0.717) is 18.0 Å². The molecule has 1 fully saturated rings. The van der Waals surface area contributed by atoms with Crippen LogP contribution in [-0.4, -0.2) is 41.1 Å². The van der Waals surface area contributed by atoms with Gasteiger partial charge < -0.3 is 10.1 Å². The lowest BCUT2D eigenvalue weighted by molar-refractivity contribution is -0.143. The quantitative estimate of drug-likeness (QED) is 0.443. The average molecular weight is 394 g/mol. The van der Waals surface area contributed by atoms with Gasteiger partial charge in [-0.25, -0.2) is 0 Å². The number of amides is 3. The standard InChI is InChI=1S/C22H22N2O5/c1-3-29-17-10-9-14(2)13-16(17)23-22(28)20(24-18(25)11-12-19(24)26)21(27)15-7-5-4-6-8-15/h4-10,13,20H,3,11-12H2,1-2H3,(H,23,28). The van der Waals surface area contributed by atoms with E-state index in [0.717, 1.165) is 10.5 Å².